The van der Waals surface area contributed by atoms with Crippen molar-refractivity contribution in [3.63, 3.8) is 0 Å². The average molecular weight is 1210 g/mol. The number of ether oxygens (including phenoxy) is 1. The summed E-state index contributed by atoms with van der Waals surface area (Å²) in [5, 5.41) is 23.5. The number of aliphatic hydroxyl groups is 2. The summed E-state index contributed by atoms with van der Waals surface area (Å²) in [6, 6.07) is -0.541. The van der Waals surface area contributed by atoms with Crippen molar-refractivity contribution in [3.8, 4) is 0 Å². The lowest BCUT2D eigenvalue weighted by Gasteiger charge is -2.22. The summed E-state index contributed by atoms with van der Waals surface area (Å²) in [4.78, 5) is 24.6. The van der Waals surface area contributed by atoms with E-state index in [2.05, 4.69) is 43.5 Å². The van der Waals surface area contributed by atoms with Crippen molar-refractivity contribution in [1.29, 1.82) is 0 Å². The predicted molar refractivity (Wildman–Crippen MR) is 380 cm³/mol. The molecule has 0 saturated heterocycles. The molecule has 6 heteroatoms. The Hall–Kier alpha value is -1.66. The molecule has 3 N–H and O–H groups in total. The number of nitrogens with one attached hydrogen (secondary N) is 1. The number of allylic oxidation sites excluding steroid dienone is 4. The number of carbonyl (C=O) groups is 2. The fourth-order valence-corrected chi connectivity index (χ4v) is 12.7. The first kappa shape index (κ1) is 84.3. The highest BCUT2D eigenvalue weighted by Gasteiger charge is 2.20. The predicted octanol–water partition coefficient (Wildman–Crippen LogP) is 26.0. The summed E-state index contributed by atoms with van der Waals surface area (Å²) < 4.78 is 5.47. The third-order valence-corrected chi connectivity index (χ3v) is 18.8. The Morgan fingerprint density at radius 3 is 0.884 bits per heavy atom. The molecule has 510 valence electrons. The van der Waals surface area contributed by atoms with E-state index in [9.17, 15) is 19.8 Å². The Labute approximate surface area is 539 Å². The van der Waals surface area contributed by atoms with Gasteiger partial charge in [0.1, 0.15) is 0 Å². The number of unbranched alkanes of at least 4 members (excludes halogenated alkanes) is 60. The Morgan fingerprint density at radius 1 is 0.326 bits per heavy atom. The quantitative estimate of drug-likeness (QED) is 0.0320. The smallest absolute Gasteiger partial charge is 0.305 e. The van der Waals surface area contributed by atoms with Crippen molar-refractivity contribution < 1.29 is 24.5 Å². The molecule has 6 nitrogen and oxygen atoms in total. The van der Waals surface area contributed by atoms with Gasteiger partial charge in [0.15, 0.2) is 0 Å². The summed E-state index contributed by atoms with van der Waals surface area (Å²) in [5.41, 5.74) is 0. The lowest BCUT2D eigenvalue weighted by Crippen LogP contribution is -2.45. The lowest BCUT2D eigenvalue weighted by molar-refractivity contribution is -0.143. The average Bonchev–Trinajstić information content (AvgIpc) is 3.58. The van der Waals surface area contributed by atoms with Gasteiger partial charge >= 0.3 is 5.97 Å². The SMILES string of the molecule is CCCCCCCCCCCCCCCCCCCCCCCCCCCC(O)C(CO)NC(=O)CCCCCCCCCCCCCCCCCCC/C=C\C/C=C\CCCCCCCCCCCOC(=O)CCCCCCCCCCCCC. The van der Waals surface area contributed by atoms with E-state index in [1.807, 2.05) is 0 Å². The van der Waals surface area contributed by atoms with E-state index in [1.54, 1.807) is 0 Å². The Bertz CT molecular complexity index is 1350. The summed E-state index contributed by atoms with van der Waals surface area (Å²) in [6.07, 6.45) is 97.0. The zero-order valence-corrected chi connectivity index (χ0v) is 58.6. The fraction of sp³-hybridized carbons (Fsp3) is 0.925. The highest BCUT2D eigenvalue weighted by Crippen LogP contribution is 2.20. The van der Waals surface area contributed by atoms with Gasteiger partial charge in [-0.1, -0.05) is 404 Å². The van der Waals surface area contributed by atoms with Gasteiger partial charge in [-0.2, -0.15) is 0 Å². The summed E-state index contributed by atoms with van der Waals surface area (Å²) in [5.74, 6) is -0.0124. The van der Waals surface area contributed by atoms with Gasteiger partial charge in [0.05, 0.1) is 25.4 Å². The minimum Gasteiger partial charge on any atom is -0.466 e. The van der Waals surface area contributed by atoms with Gasteiger partial charge in [-0.3, -0.25) is 9.59 Å². The molecule has 2 unspecified atom stereocenters. The van der Waals surface area contributed by atoms with E-state index in [0.29, 0.717) is 25.9 Å². The molecule has 0 bridgehead atoms. The van der Waals surface area contributed by atoms with Crippen LogP contribution in [0.2, 0.25) is 0 Å². The zero-order valence-electron chi connectivity index (χ0n) is 58.6. The highest BCUT2D eigenvalue weighted by atomic mass is 16.5. The van der Waals surface area contributed by atoms with Crippen molar-refractivity contribution in [2.45, 2.75) is 463 Å². The zero-order chi connectivity index (χ0) is 62.0. The van der Waals surface area contributed by atoms with Crippen LogP contribution in [0.3, 0.4) is 0 Å². The molecule has 0 heterocycles. The third-order valence-electron chi connectivity index (χ3n) is 18.8. The summed E-state index contributed by atoms with van der Waals surface area (Å²) >= 11 is 0. The maximum atomic E-state index is 12.6. The van der Waals surface area contributed by atoms with Crippen LogP contribution in [0, 0.1) is 0 Å². The number of aliphatic hydroxyl groups excluding tert-OH is 2. The van der Waals surface area contributed by atoms with Gasteiger partial charge < -0.3 is 20.3 Å². The Morgan fingerprint density at radius 2 is 0.581 bits per heavy atom. The van der Waals surface area contributed by atoms with E-state index in [1.165, 1.54) is 372 Å². The van der Waals surface area contributed by atoms with Crippen molar-refractivity contribution >= 4 is 11.9 Å². The summed E-state index contributed by atoms with van der Waals surface area (Å²) in [6.45, 7) is 5.00. The number of rotatable bonds is 75. The number of hydrogen-bond donors (Lipinski definition) is 3. The molecule has 86 heavy (non-hydrogen) atoms. The van der Waals surface area contributed by atoms with Crippen LogP contribution in [0.5, 0.6) is 0 Å². The van der Waals surface area contributed by atoms with Crippen LogP contribution >= 0.6 is 0 Å². The van der Waals surface area contributed by atoms with Crippen LogP contribution < -0.4 is 5.32 Å². The number of amides is 1. The van der Waals surface area contributed by atoms with Gasteiger partial charge in [0.25, 0.3) is 0 Å². The topological polar surface area (TPSA) is 95.9 Å². The second-order valence-electron chi connectivity index (χ2n) is 27.4. The molecule has 1 amide bonds. The third kappa shape index (κ3) is 71.4. The maximum Gasteiger partial charge on any atom is 0.305 e. The Balaban J connectivity index is 3.38. The fourth-order valence-electron chi connectivity index (χ4n) is 12.7. The standard InChI is InChI=1S/C80H155NO5/c1-3-5-7-9-11-13-15-16-17-18-19-20-21-31-34-37-40-43-46-49-53-56-60-64-68-72-78(83)77(76-82)81-79(84)73-69-65-61-57-54-50-47-44-41-38-35-32-29-27-25-23-22-24-26-28-30-33-36-39-42-45-48-51-55-59-63-67-71-75-86-80(85)74-70-66-62-58-52-14-12-10-8-6-4-2/h26,28,33,36,77-78,82-83H,3-25,27,29-32,34-35,37-76H2,1-2H3,(H,81,84)/b28-26-,36-33-. The van der Waals surface area contributed by atoms with Gasteiger partial charge in [-0.25, -0.2) is 0 Å². The van der Waals surface area contributed by atoms with Gasteiger partial charge in [-0.15, -0.1) is 0 Å². The minimum atomic E-state index is -0.664. The van der Waals surface area contributed by atoms with Crippen LogP contribution in [-0.2, 0) is 14.3 Å². The number of esters is 1. The van der Waals surface area contributed by atoms with Crippen LogP contribution in [0.1, 0.15) is 450 Å². The van der Waals surface area contributed by atoms with E-state index in [0.717, 1.165) is 44.9 Å². The van der Waals surface area contributed by atoms with Crippen LogP contribution in [0.15, 0.2) is 24.3 Å². The molecule has 0 aromatic carbocycles. The van der Waals surface area contributed by atoms with Crippen molar-refractivity contribution in [3.05, 3.63) is 24.3 Å². The van der Waals surface area contributed by atoms with E-state index >= 15 is 0 Å². The molecular weight excluding hydrogens is 1050 g/mol. The second-order valence-corrected chi connectivity index (χ2v) is 27.4. The molecule has 0 fully saturated rings. The van der Waals surface area contributed by atoms with E-state index in [-0.39, 0.29) is 18.5 Å². The van der Waals surface area contributed by atoms with Gasteiger partial charge in [-0.05, 0) is 57.8 Å². The van der Waals surface area contributed by atoms with Crippen molar-refractivity contribution in [2.75, 3.05) is 13.2 Å². The monoisotopic (exact) mass is 1210 g/mol. The first-order valence-corrected chi connectivity index (χ1v) is 39.6. The van der Waals surface area contributed by atoms with Crippen molar-refractivity contribution in [1.82, 2.24) is 5.32 Å². The van der Waals surface area contributed by atoms with Crippen LogP contribution in [0.4, 0.5) is 0 Å². The number of hydrogen-bond acceptors (Lipinski definition) is 5. The second kappa shape index (κ2) is 75.8. The molecule has 2 atom stereocenters. The normalized spacial score (nSPS) is 12.6. The molecular formula is C80H155NO5. The van der Waals surface area contributed by atoms with Gasteiger partial charge in [0.2, 0.25) is 5.91 Å². The van der Waals surface area contributed by atoms with Crippen LogP contribution in [-0.4, -0.2) is 47.4 Å². The lowest BCUT2D eigenvalue weighted by atomic mass is 10.0. The molecule has 0 rings (SSSR count). The first-order valence-electron chi connectivity index (χ1n) is 39.6. The van der Waals surface area contributed by atoms with Gasteiger partial charge in [0, 0.05) is 12.8 Å². The molecule has 0 aliphatic heterocycles. The molecule has 0 aliphatic carbocycles. The number of carbonyl (C=O) groups excluding carboxylic acids is 2. The molecule has 0 aliphatic rings. The van der Waals surface area contributed by atoms with Crippen LogP contribution in [0.25, 0.3) is 0 Å². The Kier molecular flexibility index (Phi) is 74.3. The minimum absolute atomic E-state index is 0.0148. The molecule has 0 spiro atoms. The first-order chi connectivity index (χ1) is 42.5. The highest BCUT2D eigenvalue weighted by molar-refractivity contribution is 5.76. The molecule has 0 saturated carbocycles. The van der Waals surface area contributed by atoms with Crippen molar-refractivity contribution in [2.24, 2.45) is 0 Å². The summed E-state index contributed by atoms with van der Waals surface area (Å²) in [7, 11) is 0. The maximum absolute atomic E-state index is 12.6. The molecule has 0 radical (unpaired) electrons. The van der Waals surface area contributed by atoms with E-state index < -0.39 is 12.1 Å². The molecule has 0 aromatic heterocycles. The van der Waals surface area contributed by atoms with E-state index in [4.69, 9.17) is 4.74 Å². The molecule has 0 aromatic rings. The largest absolute Gasteiger partial charge is 0.466 e.